The lowest BCUT2D eigenvalue weighted by Crippen LogP contribution is -2.66. The smallest absolute Gasteiger partial charge is 0.372 e. The third kappa shape index (κ3) is 4.19. The number of oxime groups is 1. The molecular weight excluding hydrogens is 558 g/mol. The van der Waals surface area contributed by atoms with E-state index < -0.39 is 24.0 Å². The van der Waals surface area contributed by atoms with E-state index in [9.17, 15) is 14.4 Å². The molecule has 0 spiro atoms. The average Bonchev–Trinajstić information content (AvgIpc) is 3.40. The molecule has 1 aromatic heterocycles. The van der Waals surface area contributed by atoms with E-state index in [4.69, 9.17) is 19.8 Å². The van der Waals surface area contributed by atoms with Crippen molar-refractivity contribution in [2.45, 2.75) is 112 Å². The third-order valence-corrected chi connectivity index (χ3v) is 13.5. The number of rotatable bonds is 4. The standard InChI is InChI=1S/C35H49N3O6/c1-20(39)42-19-26(41)43-38-29(36)35-13-11-30(2,3)17-22(35)27-23(40)15-25-32(6)16-21-18-37-44-28(21)31(4,5)24(32)9-10-33(25,7)34(27,8)12-14-35/h15,18,22,24,27H,9-14,16-17,19H2,1-8H3,(H2,36,38)/t22-,24-,27-,32-,33+,34+,35-/m0/s1. The first kappa shape index (κ1) is 31.0. The molecular formula is C35H49N3O6. The molecule has 0 aliphatic heterocycles. The van der Waals surface area contributed by atoms with Gasteiger partial charge in [-0.15, -0.1) is 0 Å². The molecule has 0 amide bonds. The van der Waals surface area contributed by atoms with Crippen LogP contribution in [0, 0.1) is 44.8 Å². The highest BCUT2D eigenvalue weighted by molar-refractivity contribution is 5.97. The highest BCUT2D eigenvalue weighted by atomic mass is 16.7. The summed E-state index contributed by atoms with van der Waals surface area (Å²) in [6.07, 6.45) is 11.0. The second kappa shape index (κ2) is 9.76. The lowest BCUT2D eigenvalue weighted by molar-refractivity contribution is -0.162. The van der Waals surface area contributed by atoms with Crippen LogP contribution < -0.4 is 5.73 Å². The third-order valence-electron chi connectivity index (χ3n) is 13.5. The Labute approximate surface area is 260 Å². The number of fused-ring (bicyclic) bond motifs is 8. The quantitative estimate of drug-likeness (QED) is 0.144. The maximum absolute atomic E-state index is 14.7. The van der Waals surface area contributed by atoms with Crippen molar-refractivity contribution in [2.24, 2.45) is 55.7 Å². The van der Waals surface area contributed by atoms with Gasteiger partial charge in [0.2, 0.25) is 0 Å². The maximum Gasteiger partial charge on any atom is 0.372 e. The molecule has 0 radical (unpaired) electrons. The van der Waals surface area contributed by atoms with Gasteiger partial charge >= 0.3 is 11.9 Å². The largest absolute Gasteiger partial charge is 0.454 e. The van der Waals surface area contributed by atoms with Crippen molar-refractivity contribution < 1.29 is 28.5 Å². The number of amidine groups is 1. The van der Waals surface area contributed by atoms with Gasteiger partial charge in [0, 0.05) is 29.2 Å². The van der Waals surface area contributed by atoms with E-state index in [0.29, 0.717) is 5.92 Å². The lowest BCUT2D eigenvalue weighted by Gasteiger charge is -2.69. The average molecular weight is 608 g/mol. The minimum absolute atomic E-state index is 0.0333. The second-order valence-corrected chi connectivity index (χ2v) is 16.6. The summed E-state index contributed by atoms with van der Waals surface area (Å²) in [7, 11) is 0. The Balaban J connectivity index is 1.41. The van der Waals surface area contributed by atoms with Gasteiger partial charge in [-0.3, -0.25) is 9.59 Å². The molecule has 0 bridgehead atoms. The van der Waals surface area contributed by atoms with Crippen LogP contribution in [0.15, 0.2) is 27.5 Å². The topological polar surface area (TPSA) is 134 Å². The van der Waals surface area contributed by atoms with Crippen LogP contribution in [0.25, 0.3) is 0 Å². The summed E-state index contributed by atoms with van der Waals surface area (Å²) in [5, 5.41) is 8.33. The normalized spacial score (nSPS) is 40.3. The number of ether oxygens (including phenoxy) is 1. The fourth-order valence-electron chi connectivity index (χ4n) is 11.1. The van der Waals surface area contributed by atoms with Crippen molar-refractivity contribution in [2.75, 3.05) is 6.61 Å². The van der Waals surface area contributed by atoms with Gasteiger partial charge in [0.15, 0.2) is 12.4 Å². The van der Waals surface area contributed by atoms with Crippen LogP contribution in [0.2, 0.25) is 0 Å². The van der Waals surface area contributed by atoms with Gasteiger partial charge in [0.05, 0.1) is 6.20 Å². The Hall–Kier alpha value is -2.97. The number of hydrogen-bond acceptors (Lipinski definition) is 8. The summed E-state index contributed by atoms with van der Waals surface area (Å²) in [6.45, 7) is 17.0. The zero-order valence-electron chi connectivity index (χ0n) is 27.7. The van der Waals surface area contributed by atoms with Crippen LogP contribution >= 0.6 is 0 Å². The van der Waals surface area contributed by atoms with Crippen LogP contribution in [0.1, 0.15) is 112 Å². The predicted octanol–water partition coefficient (Wildman–Crippen LogP) is 6.05. The van der Waals surface area contributed by atoms with Crippen molar-refractivity contribution in [1.82, 2.24) is 5.16 Å². The number of hydrogen-bond donors (Lipinski definition) is 1. The molecule has 44 heavy (non-hydrogen) atoms. The minimum atomic E-state index is -0.780. The van der Waals surface area contributed by atoms with E-state index in [-0.39, 0.29) is 50.5 Å². The van der Waals surface area contributed by atoms with Crippen LogP contribution in [-0.2, 0) is 35.8 Å². The molecule has 6 rings (SSSR count). The first-order chi connectivity index (χ1) is 20.4. The molecule has 0 aromatic carbocycles. The second-order valence-electron chi connectivity index (χ2n) is 16.6. The number of carbonyl (C=O) groups excluding carboxylic acids is 3. The zero-order chi connectivity index (χ0) is 32.1. The molecule has 9 nitrogen and oxygen atoms in total. The molecule has 5 aliphatic carbocycles. The van der Waals surface area contributed by atoms with E-state index in [0.717, 1.165) is 62.7 Å². The predicted molar refractivity (Wildman–Crippen MR) is 164 cm³/mol. The Kier molecular flexibility index (Phi) is 6.89. The van der Waals surface area contributed by atoms with E-state index in [1.54, 1.807) is 0 Å². The first-order valence-electron chi connectivity index (χ1n) is 16.3. The SMILES string of the molecule is CC(=O)OCC(=O)O/N=C(\N)[C@]12CCC(C)(C)C[C@H]1[C@H]1C(=O)C=C3[C@@]4(C)Cc5cnoc5C(C)(C)[C@@H]4CC[C@@]3(C)[C@]1(C)CC2. The van der Waals surface area contributed by atoms with Crippen molar-refractivity contribution in [1.29, 1.82) is 0 Å². The highest BCUT2D eigenvalue weighted by Crippen LogP contribution is 2.74. The van der Waals surface area contributed by atoms with Crippen LogP contribution in [0.4, 0.5) is 0 Å². The summed E-state index contributed by atoms with van der Waals surface area (Å²) < 4.78 is 10.6. The van der Waals surface area contributed by atoms with Crippen molar-refractivity contribution >= 4 is 23.6 Å². The fraction of sp³-hybridized carbons (Fsp3) is 0.743. The Morgan fingerprint density at radius 2 is 1.77 bits per heavy atom. The van der Waals surface area contributed by atoms with Crippen LogP contribution in [0.5, 0.6) is 0 Å². The van der Waals surface area contributed by atoms with Gasteiger partial charge < -0.3 is 19.8 Å². The van der Waals surface area contributed by atoms with E-state index in [2.05, 4.69) is 58.8 Å². The number of nitrogens with zero attached hydrogens (tertiary/aromatic N) is 2. The summed E-state index contributed by atoms with van der Waals surface area (Å²) >= 11 is 0. The Bertz CT molecular complexity index is 1470. The van der Waals surface area contributed by atoms with E-state index >= 15 is 0 Å². The van der Waals surface area contributed by atoms with Crippen molar-refractivity contribution in [3.05, 3.63) is 29.2 Å². The maximum atomic E-state index is 14.7. The van der Waals surface area contributed by atoms with E-state index in [1.165, 1.54) is 12.5 Å². The summed E-state index contributed by atoms with van der Waals surface area (Å²) in [4.78, 5) is 43.3. The molecule has 7 atom stereocenters. The number of ketones is 1. The molecule has 240 valence electrons. The van der Waals surface area contributed by atoms with E-state index in [1.807, 2.05) is 12.3 Å². The monoisotopic (exact) mass is 607 g/mol. The molecule has 2 N–H and O–H groups in total. The lowest BCUT2D eigenvalue weighted by atomic mass is 9.34. The van der Waals surface area contributed by atoms with Gasteiger partial charge in [-0.2, -0.15) is 0 Å². The molecule has 3 saturated carbocycles. The summed E-state index contributed by atoms with van der Waals surface area (Å²) in [5.74, 6) is 0.180. The molecule has 0 saturated heterocycles. The van der Waals surface area contributed by atoms with Crippen LogP contribution in [-0.4, -0.2) is 35.3 Å². The van der Waals surface area contributed by atoms with Gasteiger partial charge in [-0.25, -0.2) is 4.79 Å². The van der Waals surface area contributed by atoms with Crippen molar-refractivity contribution in [3.8, 4) is 0 Å². The van der Waals surface area contributed by atoms with Crippen molar-refractivity contribution in [3.63, 3.8) is 0 Å². The molecule has 9 heteroatoms. The summed E-state index contributed by atoms with van der Waals surface area (Å²) in [6, 6.07) is 0. The molecule has 1 aromatic rings. The minimum Gasteiger partial charge on any atom is -0.454 e. The fourth-order valence-corrected chi connectivity index (χ4v) is 11.1. The zero-order valence-corrected chi connectivity index (χ0v) is 27.7. The number of esters is 1. The van der Waals surface area contributed by atoms with Gasteiger partial charge in [-0.05, 0) is 90.9 Å². The highest BCUT2D eigenvalue weighted by Gasteiger charge is 2.70. The number of nitrogens with two attached hydrogens (primary N) is 1. The molecule has 0 unspecified atom stereocenters. The Morgan fingerprint density at radius 1 is 1.07 bits per heavy atom. The molecule has 5 aliphatic rings. The number of aromatic nitrogens is 1. The molecule has 3 fully saturated rings. The number of allylic oxidation sites excluding steroid dienone is 2. The van der Waals surface area contributed by atoms with Crippen LogP contribution in [0.3, 0.4) is 0 Å². The van der Waals surface area contributed by atoms with Gasteiger partial charge in [0.1, 0.15) is 11.6 Å². The van der Waals surface area contributed by atoms with Gasteiger partial charge in [0.25, 0.3) is 0 Å². The Morgan fingerprint density at radius 3 is 2.48 bits per heavy atom. The summed E-state index contributed by atoms with van der Waals surface area (Å²) in [5.41, 5.74) is 7.89. The number of carbonyl (C=O) groups is 3. The molecule has 1 heterocycles. The van der Waals surface area contributed by atoms with Gasteiger partial charge in [-0.1, -0.05) is 64.4 Å². The first-order valence-corrected chi connectivity index (χ1v) is 16.3.